The number of aliphatic hydroxyl groups is 3. The maximum Gasteiger partial charge on any atom is 0.310 e. The molecule has 0 radical (unpaired) electrons. The van der Waals surface area contributed by atoms with Gasteiger partial charge in [-0.3, -0.25) is 4.79 Å². The Labute approximate surface area is 211 Å². The summed E-state index contributed by atoms with van der Waals surface area (Å²) in [6.07, 6.45) is 6.52. The molecule has 0 spiro atoms. The highest BCUT2D eigenvalue weighted by Crippen LogP contribution is 2.76. The smallest absolute Gasteiger partial charge is 0.310 e. The van der Waals surface area contributed by atoms with E-state index in [2.05, 4.69) is 40.7 Å². The molecule has 0 saturated heterocycles. The van der Waals surface area contributed by atoms with Crippen molar-refractivity contribution in [3.05, 3.63) is 11.6 Å². The minimum atomic E-state index is -1.07. The average molecular weight is 489 g/mol. The van der Waals surface area contributed by atoms with Crippen LogP contribution in [0.5, 0.6) is 0 Å². The molecule has 0 bridgehead atoms. The molecular weight excluding hydrogens is 440 g/mol. The fourth-order valence-electron chi connectivity index (χ4n) is 10.8. The Morgan fingerprint density at radius 3 is 2.23 bits per heavy atom. The summed E-state index contributed by atoms with van der Waals surface area (Å²) >= 11 is 0. The molecule has 0 heterocycles. The van der Waals surface area contributed by atoms with Gasteiger partial charge >= 0.3 is 5.97 Å². The Balaban J connectivity index is 1.65. The van der Waals surface area contributed by atoms with Crippen molar-refractivity contribution in [1.29, 1.82) is 0 Å². The number of hydrogen-bond donors (Lipinski definition) is 4. The number of carboxylic acids is 1. The first-order chi connectivity index (χ1) is 16.0. The monoisotopic (exact) mass is 488 g/mol. The van der Waals surface area contributed by atoms with Crippen LogP contribution in [-0.4, -0.2) is 44.2 Å². The highest BCUT2D eigenvalue weighted by atomic mass is 16.4. The molecule has 0 aromatic rings. The number of carboxylic acid groups (broad SMARTS) is 1. The summed E-state index contributed by atoms with van der Waals surface area (Å²) in [5, 5.41) is 44.7. The topological polar surface area (TPSA) is 98.0 Å². The molecular formula is C30H48O5. The van der Waals surface area contributed by atoms with E-state index in [4.69, 9.17) is 0 Å². The van der Waals surface area contributed by atoms with E-state index in [0.717, 1.165) is 32.1 Å². The van der Waals surface area contributed by atoms with Gasteiger partial charge in [-0.1, -0.05) is 60.1 Å². The van der Waals surface area contributed by atoms with Gasteiger partial charge in [0, 0.05) is 10.8 Å². The fourth-order valence-corrected chi connectivity index (χ4v) is 10.8. The average Bonchev–Trinajstić information content (AvgIpc) is 2.78. The zero-order valence-electron chi connectivity index (χ0n) is 22.9. The molecule has 5 aliphatic rings. The van der Waals surface area contributed by atoms with E-state index in [1.54, 1.807) is 0 Å². The minimum Gasteiger partial charge on any atom is -0.481 e. The lowest BCUT2D eigenvalue weighted by Crippen LogP contribution is -2.75. The van der Waals surface area contributed by atoms with Crippen LogP contribution in [0, 0.1) is 50.7 Å². The van der Waals surface area contributed by atoms with Crippen molar-refractivity contribution in [2.24, 2.45) is 50.7 Å². The molecule has 0 aromatic heterocycles. The molecule has 35 heavy (non-hydrogen) atoms. The number of allylic oxidation sites excluding steroid dienone is 2. The summed E-state index contributed by atoms with van der Waals surface area (Å²) in [5.74, 6) is 0.424. The van der Waals surface area contributed by atoms with Crippen LogP contribution in [0.2, 0.25) is 0 Å². The lowest BCUT2D eigenvalue weighted by atomic mass is 9.32. The van der Waals surface area contributed by atoms with E-state index < -0.39 is 40.0 Å². The Kier molecular flexibility index (Phi) is 5.40. The number of hydrogen-bond acceptors (Lipinski definition) is 4. The van der Waals surface area contributed by atoms with Crippen LogP contribution in [0.4, 0.5) is 0 Å². The van der Waals surface area contributed by atoms with E-state index in [0.29, 0.717) is 31.1 Å². The van der Waals surface area contributed by atoms with Crippen LogP contribution in [0.15, 0.2) is 11.6 Å². The second kappa shape index (κ2) is 7.35. The first-order valence-electron chi connectivity index (χ1n) is 14.1. The minimum absolute atomic E-state index is 0.0594. The number of aliphatic carboxylic acids is 1. The maximum atomic E-state index is 12.8. The summed E-state index contributed by atoms with van der Waals surface area (Å²) in [7, 11) is 0. The molecule has 4 fully saturated rings. The Bertz CT molecular complexity index is 956. The first-order valence-corrected chi connectivity index (χ1v) is 14.1. The zero-order chi connectivity index (χ0) is 26.0. The molecule has 5 aliphatic carbocycles. The van der Waals surface area contributed by atoms with Crippen molar-refractivity contribution >= 4 is 5.97 Å². The molecule has 5 nitrogen and oxygen atoms in total. The summed E-state index contributed by atoms with van der Waals surface area (Å²) in [6.45, 7) is 15.3. The second-order valence-electron chi connectivity index (χ2n) is 14.7. The number of fused-ring (bicyclic) bond motifs is 7. The van der Waals surface area contributed by atoms with Gasteiger partial charge in [0.2, 0.25) is 0 Å². The van der Waals surface area contributed by atoms with Gasteiger partial charge in [-0.2, -0.15) is 0 Å². The molecule has 4 saturated carbocycles. The molecule has 11 unspecified atom stereocenters. The highest BCUT2D eigenvalue weighted by molar-refractivity contribution is 5.76. The van der Waals surface area contributed by atoms with Gasteiger partial charge in [0.05, 0.1) is 23.2 Å². The van der Waals surface area contributed by atoms with Crippen LogP contribution in [0.25, 0.3) is 0 Å². The van der Waals surface area contributed by atoms with E-state index in [9.17, 15) is 25.2 Å². The predicted molar refractivity (Wildman–Crippen MR) is 135 cm³/mol. The van der Waals surface area contributed by atoms with E-state index in [1.807, 2.05) is 13.8 Å². The third-order valence-corrected chi connectivity index (χ3v) is 13.7. The van der Waals surface area contributed by atoms with E-state index >= 15 is 0 Å². The zero-order valence-corrected chi connectivity index (χ0v) is 22.9. The van der Waals surface area contributed by atoms with Gasteiger partial charge < -0.3 is 20.4 Å². The van der Waals surface area contributed by atoms with Crippen LogP contribution < -0.4 is 0 Å². The highest BCUT2D eigenvalue weighted by Gasteiger charge is 2.74. The van der Waals surface area contributed by atoms with Crippen LogP contribution in [-0.2, 0) is 4.79 Å². The van der Waals surface area contributed by atoms with E-state index in [1.165, 1.54) is 5.57 Å². The second-order valence-corrected chi connectivity index (χ2v) is 14.7. The maximum absolute atomic E-state index is 12.8. The largest absolute Gasteiger partial charge is 0.481 e. The van der Waals surface area contributed by atoms with Gasteiger partial charge in [-0.15, -0.1) is 0 Å². The third kappa shape index (κ3) is 2.74. The normalized spacial score (nSPS) is 57.1. The van der Waals surface area contributed by atoms with Crippen LogP contribution in [0.1, 0.15) is 99.8 Å². The summed E-state index contributed by atoms with van der Waals surface area (Å²) in [4.78, 5) is 12.8. The van der Waals surface area contributed by atoms with Gasteiger partial charge in [0.1, 0.15) is 0 Å². The predicted octanol–water partition coefficient (Wildman–Crippen LogP) is 5.18. The Morgan fingerprint density at radius 2 is 1.60 bits per heavy atom. The van der Waals surface area contributed by atoms with Crippen molar-refractivity contribution in [3.63, 3.8) is 0 Å². The molecule has 5 heteroatoms. The summed E-state index contributed by atoms with van der Waals surface area (Å²) < 4.78 is 0. The van der Waals surface area contributed by atoms with Crippen molar-refractivity contribution < 1.29 is 25.2 Å². The van der Waals surface area contributed by atoms with Crippen molar-refractivity contribution in [3.8, 4) is 0 Å². The van der Waals surface area contributed by atoms with Crippen LogP contribution in [0.3, 0.4) is 0 Å². The quantitative estimate of drug-likeness (QED) is 0.382. The van der Waals surface area contributed by atoms with Gasteiger partial charge in [-0.05, 0) is 85.9 Å². The molecule has 4 N–H and O–H groups in total. The molecule has 0 aromatic carbocycles. The molecule has 11 atom stereocenters. The Hall–Kier alpha value is -0.910. The number of aliphatic hydroxyl groups excluding tert-OH is 2. The molecule has 5 rings (SSSR count). The van der Waals surface area contributed by atoms with Crippen molar-refractivity contribution in [2.75, 3.05) is 0 Å². The number of rotatable bonds is 1. The van der Waals surface area contributed by atoms with Gasteiger partial charge in [0.25, 0.3) is 0 Å². The third-order valence-electron chi connectivity index (χ3n) is 13.7. The van der Waals surface area contributed by atoms with Gasteiger partial charge in [0.15, 0.2) is 0 Å². The summed E-state index contributed by atoms with van der Waals surface area (Å²) in [5.41, 5.74) is -1.97. The van der Waals surface area contributed by atoms with E-state index in [-0.39, 0.29) is 22.7 Å². The fraction of sp³-hybridized carbons (Fsp3) is 0.900. The standard InChI is InChI=1S/C30H48O5/c1-17-10-11-29(24(33)34)14-12-26(5)19(22(29)18(17)2)8-9-21-27(26,6)13-15-30(35)25(3,4)23(32)20(31)16-28(21,30)7/h8,17-18,20-23,31-32,35H,9-16H2,1-7H3,(H,33,34). The lowest BCUT2D eigenvalue weighted by molar-refractivity contribution is -0.310. The van der Waals surface area contributed by atoms with Gasteiger partial charge in [-0.25, -0.2) is 0 Å². The molecule has 0 aliphatic heterocycles. The van der Waals surface area contributed by atoms with Crippen molar-refractivity contribution in [1.82, 2.24) is 0 Å². The van der Waals surface area contributed by atoms with Crippen molar-refractivity contribution in [2.45, 2.75) is 118 Å². The molecule has 0 amide bonds. The number of carbonyl (C=O) groups is 1. The van der Waals surface area contributed by atoms with Crippen LogP contribution >= 0.6 is 0 Å². The first kappa shape index (κ1) is 25.7. The Morgan fingerprint density at radius 1 is 0.943 bits per heavy atom. The summed E-state index contributed by atoms with van der Waals surface area (Å²) in [6, 6.07) is 0. The molecule has 198 valence electrons. The lowest BCUT2D eigenvalue weighted by Gasteiger charge is -2.73. The SMILES string of the molecule is CC1CCC2(C(=O)O)CCC3(C)C(=CCC4C3(C)CCC3(O)C(C)(C)C(O)C(O)CC43C)C2C1C.